The van der Waals surface area contributed by atoms with Gasteiger partial charge in [0.25, 0.3) is 5.91 Å². The van der Waals surface area contributed by atoms with Crippen molar-refractivity contribution in [1.29, 1.82) is 0 Å². The first-order chi connectivity index (χ1) is 10.0. The van der Waals surface area contributed by atoms with Gasteiger partial charge < -0.3 is 26.2 Å². The van der Waals surface area contributed by atoms with E-state index in [-0.39, 0.29) is 29.6 Å². The SMILES string of the molecule is NC(=O)CN(C(=O)c1c(O)cccc1O)C1CCNCC1. The number of piperidine rings is 1. The number of nitrogens with one attached hydrogen (secondary N) is 1. The minimum Gasteiger partial charge on any atom is -0.507 e. The van der Waals surface area contributed by atoms with E-state index in [9.17, 15) is 19.8 Å². The Kier molecular flexibility index (Phi) is 4.64. The van der Waals surface area contributed by atoms with Gasteiger partial charge in [-0.05, 0) is 38.1 Å². The van der Waals surface area contributed by atoms with E-state index in [1.165, 1.54) is 23.1 Å². The Balaban J connectivity index is 2.31. The number of hydrogen-bond donors (Lipinski definition) is 4. The van der Waals surface area contributed by atoms with Gasteiger partial charge in [-0.1, -0.05) is 6.07 Å². The number of benzene rings is 1. The van der Waals surface area contributed by atoms with Gasteiger partial charge >= 0.3 is 0 Å². The summed E-state index contributed by atoms with van der Waals surface area (Å²) in [7, 11) is 0. The van der Waals surface area contributed by atoms with Crippen molar-refractivity contribution in [3.8, 4) is 11.5 Å². The van der Waals surface area contributed by atoms with E-state index in [1.807, 2.05) is 0 Å². The quantitative estimate of drug-likeness (QED) is 0.612. The molecule has 114 valence electrons. The molecule has 0 radical (unpaired) electrons. The molecule has 1 aromatic rings. The average molecular weight is 293 g/mol. The number of phenolic OH excluding ortho intramolecular Hbond substituents is 2. The molecule has 7 heteroatoms. The fraction of sp³-hybridized carbons (Fsp3) is 0.429. The molecule has 1 fully saturated rings. The highest BCUT2D eigenvalue weighted by molar-refractivity contribution is 6.01. The maximum Gasteiger partial charge on any atom is 0.262 e. The summed E-state index contributed by atoms with van der Waals surface area (Å²) in [6.07, 6.45) is 1.38. The second kappa shape index (κ2) is 6.45. The van der Waals surface area contributed by atoms with Crippen LogP contribution >= 0.6 is 0 Å². The molecule has 5 N–H and O–H groups in total. The predicted molar refractivity (Wildman–Crippen MR) is 75.9 cm³/mol. The number of nitrogens with two attached hydrogens (primary N) is 1. The summed E-state index contributed by atoms with van der Waals surface area (Å²) in [6, 6.07) is 3.92. The number of rotatable bonds is 4. The Morgan fingerprint density at radius 2 is 1.81 bits per heavy atom. The van der Waals surface area contributed by atoms with Crippen LogP contribution in [0.3, 0.4) is 0 Å². The van der Waals surface area contributed by atoms with Gasteiger partial charge in [0, 0.05) is 6.04 Å². The van der Waals surface area contributed by atoms with Crippen molar-refractivity contribution in [2.45, 2.75) is 18.9 Å². The summed E-state index contributed by atoms with van der Waals surface area (Å²) in [5, 5.41) is 22.8. The number of primary amides is 1. The Hall–Kier alpha value is -2.28. The first kappa shape index (κ1) is 15.1. The Morgan fingerprint density at radius 1 is 1.24 bits per heavy atom. The molecular weight excluding hydrogens is 274 g/mol. The van der Waals surface area contributed by atoms with Crippen molar-refractivity contribution >= 4 is 11.8 Å². The highest BCUT2D eigenvalue weighted by Gasteiger charge is 2.30. The first-order valence-electron chi connectivity index (χ1n) is 6.81. The van der Waals surface area contributed by atoms with Gasteiger partial charge in [-0.15, -0.1) is 0 Å². The minimum absolute atomic E-state index is 0.148. The smallest absolute Gasteiger partial charge is 0.262 e. The van der Waals surface area contributed by atoms with Crippen LogP contribution in [0, 0.1) is 0 Å². The number of carbonyl (C=O) groups is 2. The van der Waals surface area contributed by atoms with Crippen LogP contribution < -0.4 is 11.1 Å². The van der Waals surface area contributed by atoms with E-state index >= 15 is 0 Å². The van der Waals surface area contributed by atoms with Crippen LogP contribution in [0.5, 0.6) is 11.5 Å². The third-order valence-corrected chi connectivity index (χ3v) is 3.57. The molecular formula is C14H19N3O4. The van der Waals surface area contributed by atoms with Gasteiger partial charge in [-0.2, -0.15) is 0 Å². The average Bonchev–Trinajstić information content (AvgIpc) is 2.45. The summed E-state index contributed by atoms with van der Waals surface area (Å²) in [5.74, 6) is -1.85. The van der Waals surface area contributed by atoms with Gasteiger partial charge in [0.05, 0.1) is 6.54 Å². The van der Waals surface area contributed by atoms with Crippen molar-refractivity contribution < 1.29 is 19.8 Å². The molecule has 0 spiro atoms. The molecule has 1 aliphatic rings. The molecule has 21 heavy (non-hydrogen) atoms. The highest BCUT2D eigenvalue weighted by Crippen LogP contribution is 2.29. The van der Waals surface area contributed by atoms with E-state index in [0.29, 0.717) is 12.8 Å². The van der Waals surface area contributed by atoms with E-state index in [0.717, 1.165) is 13.1 Å². The topological polar surface area (TPSA) is 116 Å². The maximum atomic E-state index is 12.6. The normalized spacial score (nSPS) is 15.6. The van der Waals surface area contributed by atoms with Crippen molar-refractivity contribution in [3.05, 3.63) is 23.8 Å². The van der Waals surface area contributed by atoms with Crippen LogP contribution in [0.1, 0.15) is 23.2 Å². The lowest BCUT2D eigenvalue weighted by molar-refractivity contribution is -0.119. The molecule has 1 aromatic carbocycles. The molecule has 2 rings (SSSR count). The zero-order valence-electron chi connectivity index (χ0n) is 11.6. The fourth-order valence-corrected chi connectivity index (χ4v) is 2.54. The number of carbonyl (C=O) groups excluding carboxylic acids is 2. The molecule has 1 aliphatic heterocycles. The van der Waals surface area contributed by atoms with Crippen LogP contribution in [0.4, 0.5) is 0 Å². The van der Waals surface area contributed by atoms with Gasteiger partial charge in [0.15, 0.2) is 0 Å². The zero-order valence-corrected chi connectivity index (χ0v) is 11.6. The molecule has 7 nitrogen and oxygen atoms in total. The lowest BCUT2D eigenvalue weighted by atomic mass is 10.0. The molecule has 0 unspecified atom stereocenters. The van der Waals surface area contributed by atoms with Crippen LogP contribution in [0.2, 0.25) is 0 Å². The molecule has 2 amide bonds. The predicted octanol–water partition coefficient (Wildman–Crippen LogP) is -0.223. The first-order valence-corrected chi connectivity index (χ1v) is 6.81. The van der Waals surface area contributed by atoms with E-state index in [4.69, 9.17) is 5.73 Å². The lowest BCUT2D eigenvalue weighted by Crippen LogP contribution is -2.49. The standard InChI is InChI=1S/C14H19N3O4/c15-12(20)8-17(9-4-6-16-7-5-9)14(21)13-10(18)2-1-3-11(13)19/h1-3,9,16,18-19H,4-8H2,(H2,15,20). The van der Waals surface area contributed by atoms with Crippen molar-refractivity contribution in [2.75, 3.05) is 19.6 Å². The molecule has 1 heterocycles. The number of phenols is 2. The van der Waals surface area contributed by atoms with Gasteiger partial charge in [0.2, 0.25) is 5.91 Å². The Morgan fingerprint density at radius 3 is 2.33 bits per heavy atom. The number of aromatic hydroxyl groups is 2. The van der Waals surface area contributed by atoms with Crippen molar-refractivity contribution in [3.63, 3.8) is 0 Å². The Bertz CT molecular complexity index is 521. The van der Waals surface area contributed by atoms with E-state index in [1.54, 1.807) is 0 Å². The number of hydrogen-bond acceptors (Lipinski definition) is 5. The summed E-state index contributed by atoms with van der Waals surface area (Å²) in [5.41, 5.74) is 5.02. The fourth-order valence-electron chi connectivity index (χ4n) is 2.54. The Labute approximate surface area is 122 Å². The molecule has 0 aromatic heterocycles. The van der Waals surface area contributed by atoms with Crippen LogP contribution in [0.25, 0.3) is 0 Å². The second-order valence-corrected chi connectivity index (χ2v) is 5.05. The van der Waals surface area contributed by atoms with Crippen LogP contribution in [0.15, 0.2) is 18.2 Å². The second-order valence-electron chi connectivity index (χ2n) is 5.05. The number of amides is 2. The molecule has 0 saturated carbocycles. The summed E-state index contributed by atoms with van der Waals surface area (Å²) < 4.78 is 0. The summed E-state index contributed by atoms with van der Waals surface area (Å²) in [4.78, 5) is 25.2. The van der Waals surface area contributed by atoms with Gasteiger partial charge in [-0.3, -0.25) is 9.59 Å². The third-order valence-electron chi connectivity index (χ3n) is 3.57. The van der Waals surface area contributed by atoms with Crippen molar-refractivity contribution in [2.24, 2.45) is 5.73 Å². The highest BCUT2D eigenvalue weighted by atomic mass is 16.3. The maximum absolute atomic E-state index is 12.6. The van der Waals surface area contributed by atoms with Crippen molar-refractivity contribution in [1.82, 2.24) is 10.2 Å². The molecule has 0 bridgehead atoms. The number of nitrogens with zero attached hydrogens (tertiary/aromatic N) is 1. The largest absolute Gasteiger partial charge is 0.507 e. The summed E-state index contributed by atoms with van der Waals surface area (Å²) >= 11 is 0. The van der Waals surface area contributed by atoms with Gasteiger partial charge in [-0.25, -0.2) is 0 Å². The molecule has 1 saturated heterocycles. The molecule has 0 atom stereocenters. The lowest BCUT2D eigenvalue weighted by Gasteiger charge is -2.34. The molecule has 0 aliphatic carbocycles. The minimum atomic E-state index is -0.628. The van der Waals surface area contributed by atoms with Gasteiger partial charge in [0.1, 0.15) is 17.1 Å². The van der Waals surface area contributed by atoms with Crippen LogP contribution in [-0.2, 0) is 4.79 Å². The van der Waals surface area contributed by atoms with Crippen LogP contribution in [-0.4, -0.2) is 52.6 Å². The summed E-state index contributed by atoms with van der Waals surface area (Å²) in [6.45, 7) is 1.23. The van der Waals surface area contributed by atoms with E-state index in [2.05, 4.69) is 5.32 Å². The zero-order chi connectivity index (χ0) is 15.4. The van der Waals surface area contributed by atoms with E-state index < -0.39 is 11.8 Å². The third kappa shape index (κ3) is 3.43. The monoisotopic (exact) mass is 293 g/mol.